The fraction of sp³-hybridized carbons (Fsp3) is 0.344. The van der Waals surface area contributed by atoms with Crippen LogP contribution < -0.4 is 9.47 Å². The molecule has 3 aromatic carbocycles. The molecule has 0 N–H and O–H groups in total. The number of allylic oxidation sites excluding steroid dienone is 2. The van der Waals surface area contributed by atoms with E-state index in [0.29, 0.717) is 13.0 Å². The van der Waals surface area contributed by atoms with Gasteiger partial charge in [0.2, 0.25) is 0 Å². The normalized spacial score (nSPS) is 12.3. The van der Waals surface area contributed by atoms with Crippen molar-refractivity contribution in [3.05, 3.63) is 95.6 Å². The number of carbonyl (C=O) groups is 1. The SMILES string of the molecule is CC/C(=C(\C(=O)Cc1ccc(OCCN(C)C)cc1)c1ccc(OC(C)(C)C)cc1)c1ccccc1. The molecule has 0 fully saturated rings. The van der Waals surface area contributed by atoms with E-state index in [-0.39, 0.29) is 11.4 Å². The van der Waals surface area contributed by atoms with Crippen LogP contribution in [0.4, 0.5) is 0 Å². The fourth-order valence-corrected chi connectivity index (χ4v) is 4.03. The number of ketones is 1. The van der Waals surface area contributed by atoms with Crippen molar-refractivity contribution in [1.82, 2.24) is 4.90 Å². The Morgan fingerprint density at radius 2 is 1.42 bits per heavy atom. The molecule has 190 valence electrons. The van der Waals surface area contributed by atoms with Crippen LogP contribution in [-0.2, 0) is 11.2 Å². The van der Waals surface area contributed by atoms with Crippen molar-refractivity contribution in [3.8, 4) is 11.5 Å². The number of rotatable bonds is 11. The van der Waals surface area contributed by atoms with Gasteiger partial charge < -0.3 is 14.4 Å². The molecule has 0 aliphatic carbocycles. The predicted molar refractivity (Wildman–Crippen MR) is 150 cm³/mol. The zero-order valence-corrected chi connectivity index (χ0v) is 22.5. The Bertz CT molecular complexity index is 1140. The number of hydrogen-bond acceptors (Lipinski definition) is 4. The number of hydrogen-bond donors (Lipinski definition) is 0. The predicted octanol–water partition coefficient (Wildman–Crippen LogP) is 6.94. The average molecular weight is 486 g/mol. The molecule has 0 aromatic heterocycles. The van der Waals surface area contributed by atoms with Crippen LogP contribution >= 0.6 is 0 Å². The van der Waals surface area contributed by atoms with Gasteiger partial charge in [0.15, 0.2) is 5.78 Å². The van der Waals surface area contributed by atoms with Gasteiger partial charge >= 0.3 is 0 Å². The largest absolute Gasteiger partial charge is 0.492 e. The molecule has 0 aliphatic heterocycles. The summed E-state index contributed by atoms with van der Waals surface area (Å²) in [4.78, 5) is 15.9. The van der Waals surface area contributed by atoms with Crippen LogP contribution in [0, 0.1) is 0 Å². The van der Waals surface area contributed by atoms with Crippen LogP contribution in [-0.4, -0.2) is 43.5 Å². The van der Waals surface area contributed by atoms with Crippen molar-refractivity contribution < 1.29 is 14.3 Å². The molecule has 0 radical (unpaired) electrons. The highest BCUT2D eigenvalue weighted by Gasteiger charge is 2.19. The monoisotopic (exact) mass is 485 g/mol. The van der Waals surface area contributed by atoms with Gasteiger partial charge in [0, 0.05) is 18.5 Å². The second kappa shape index (κ2) is 12.5. The summed E-state index contributed by atoms with van der Waals surface area (Å²) in [5, 5.41) is 0. The summed E-state index contributed by atoms with van der Waals surface area (Å²) in [6, 6.07) is 25.9. The molecule has 0 saturated heterocycles. The molecule has 4 nitrogen and oxygen atoms in total. The van der Waals surface area contributed by atoms with E-state index in [9.17, 15) is 4.79 Å². The molecule has 0 atom stereocenters. The quantitative estimate of drug-likeness (QED) is 0.218. The van der Waals surface area contributed by atoms with Crippen LogP contribution in [0.3, 0.4) is 0 Å². The molecule has 36 heavy (non-hydrogen) atoms. The summed E-state index contributed by atoms with van der Waals surface area (Å²) in [5.41, 5.74) is 4.48. The van der Waals surface area contributed by atoms with E-state index < -0.39 is 0 Å². The minimum atomic E-state index is -0.281. The minimum absolute atomic E-state index is 0.0986. The first-order chi connectivity index (χ1) is 17.2. The molecule has 4 heteroatoms. The first-order valence-corrected chi connectivity index (χ1v) is 12.6. The van der Waals surface area contributed by atoms with Crippen molar-refractivity contribution in [2.45, 2.75) is 46.1 Å². The molecular formula is C32H39NO3. The van der Waals surface area contributed by atoms with Crippen LogP contribution in [0.5, 0.6) is 11.5 Å². The topological polar surface area (TPSA) is 38.8 Å². The van der Waals surface area contributed by atoms with E-state index in [2.05, 4.69) is 24.0 Å². The maximum absolute atomic E-state index is 13.8. The van der Waals surface area contributed by atoms with Crippen molar-refractivity contribution in [3.63, 3.8) is 0 Å². The Kier molecular flexibility index (Phi) is 9.49. The van der Waals surface area contributed by atoms with Gasteiger partial charge in [-0.25, -0.2) is 0 Å². The molecule has 0 unspecified atom stereocenters. The van der Waals surface area contributed by atoms with Crippen LogP contribution in [0.15, 0.2) is 78.9 Å². The van der Waals surface area contributed by atoms with Gasteiger partial charge in [-0.05, 0) is 87.8 Å². The molecule has 0 heterocycles. The fourth-order valence-electron chi connectivity index (χ4n) is 4.03. The lowest BCUT2D eigenvalue weighted by Crippen LogP contribution is -2.22. The van der Waals surface area contributed by atoms with Gasteiger partial charge in [-0.2, -0.15) is 0 Å². The first kappa shape index (κ1) is 27.2. The Hall–Kier alpha value is -3.37. The number of carbonyl (C=O) groups excluding carboxylic acids is 1. The van der Waals surface area contributed by atoms with E-state index in [1.54, 1.807) is 0 Å². The third-order valence-electron chi connectivity index (χ3n) is 5.72. The van der Waals surface area contributed by atoms with Crippen LogP contribution in [0.25, 0.3) is 11.1 Å². The third-order valence-corrected chi connectivity index (χ3v) is 5.72. The number of ether oxygens (including phenoxy) is 2. The maximum Gasteiger partial charge on any atom is 0.168 e. The summed E-state index contributed by atoms with van der Waals surface area (Å²) in [5.74, 6) is 1.71. The summed E-state index contributed by atoms with van der Waals surface area (Å²) in [7, 11) is 4.04. The van der Waals surface area contributed by atoms with Gasteiger partial charge in [-0.1, -0.05) is 61.5 Å². The molecule has 0 amide bonds. The Labute approximate surface area is 216 Å². The van der Waals surface area contributed by atoms with Gasteiger partial charge in [0.05, 0.1) is 0 Å². The maximum atomic E-state index is 13.8. The summed E-state index contributed by atoms with van der Waals surface area (Å²) < 4.78 is 11.8. The van der Waals surface area contributed by atoms with E-state index in [1.807, 2.05) is 102 Å². The van der Waals surface area contributed by atoms with Gasteiger partial charge in [0.1, 0.15) is 23.7 Å². The number of benzene rings is 3. The van der Waals surface area contributed by atoms with Gasteiger partial charge in [-0.15, -0.1) is 0 Å². The minimum Gasteiger partial charge on any atom is -0.492 e. The Morgan fingerprint density at radius 3 is 1.97 bits per heavy atom. The second-order valence-electron chi connectivity index (χ2n) is 10.2. The highest BCUT2D eigenvalue weighted by molar-refractivity contribution is 6.28. The van der Waals surface area contributed by atoms with Gasteiger partial charge in [0.25, 0.3) is 0 Å². The highest BCUT2D eigenvalue weighted by Crippen LogP contribution is 2.32. The second-order valence-corrected chi connectivity index (χ2v) is 10.2. The number of likely N-dealkylation sites (N-methyl/N-ethyl adjacent to an activating group) is 1. The average Bonchev–Trinajstić information content (AvgIpc) is 2.83. The van der Waals surface area contributed by atoms with E-state index in [1.165, 1.54) is 0 Å². The van der Waals surface area contributed by atoms with Crippen molar-refractivity contribution >= 4 is 16.9 Å². The molecular weight excluding hydrogens is 446 g/mol. The zero-order chi connectivity index (χ0) is 26.1. The van der Waals surface area contributed by atoms with Crippen molar-refractivity contribution in [2.75, 3.05) is 27.2 Å². The molecule has 0 aliphatic rings. The highest BCUT2D eigenvalue weighted by atomic mass is 16.5. The molecule has 0 saturated carbocycles. The first-order valence-electron chi connectivity index (χ1n) is 12.6. The van der Waals surface area contributed by atoms with E-state index >= 15 is 0 Å². The molecule has 0 spiro atoms. The standard InChI is InChI=1S/C32H39NO3/c1-7-29(25-11-9-8-10-12-25)31(26-15-19-28(20-16-26)36-32(2,3)4)30(34)23-24-13-17-27(18-14-24)35-22-21-33(5)6/h8-20H,7,21-23H2,1-6H3/b31-29+. The lowest BCUT2D eigenvalue weighted by atomic mass is 9.88. The van der Waals surface area contributed by atoms with E-state index in [4.69, 9.17) is 9.47 Å². The smallest absolute Gasteiger partial charge is 0.168 e. The van der Waals surface area contributed by atoms with Gasteiger partial charge in [-0.3, -0.25) is 4.79 Å². The van der Waals surface area contributed by atoms with E-state index in [0.717, 1.165) is 52.3 Å². The Balaban J connectivity index is 1.90. The molecule has 3 rings (SSSR count). The lowest BCUT2D eigenvalue weighted by molar-refractivity contribution is -0.113. The summed E-state index contributed by atoms with van der Waals surface area (Å²) in [6.45, 7) is 9.67. The van der Waals surface area contributed by atoms with Crippen molar-refractivity contribution in [1.29, 1.82) is 0 Å². The molecule has 0 bridgehead atoms. The zero-order valence-electron chi connectivity index (χ0n) is 22.5. The lowest BCUT2D eigenvalue weighted by Gasteiger charge is -2.21. The third kappa shape index (κ3) is 8.10. The summed E-state index contributed by atoms with van der Waals surface area (Å²) >= 11 is 0. The summed E-state index contributed by atoms with van der Waals surface area (Å²) in [6.07, 6.45) is 1.08. The Morgan fingerprint density at radius 1 is 0.806 bits per heavy atom. The van der Waals surface area contributed by atoms with Crippen molar-refractivity contribution in [2.24, 2.45) is 0 Å². The molecule has 3 aromatic rings. The number of Topliss-reactive ketones (excluding diaryl/α,β-unsaturated/α-hetero) is 1. The number of nitrogens with zero attached hydrogens (tertiary/aromatic N) is 1. The van der Waals surface area contributed by atoms with Crippen LogP contribution in [0.2, 0.25) is 0 Å². The van der Waals surface area contributed by atoms with Crippen LogP contribution in [0.1, 0.15) is 50.8 Å².